The first kappa shape index (κ1) is 14.8. The van der Waals surface area contributed by atoms with Gasteiger partial charge in [-0.2, -0.15) is 0 Å². The van der Waals surface area contributed by atoms with E-state index in [9.17, 15) is 4.79 Å². The quantitative estimate of drug-likeness (QED) is 0.706. The van der Waals surface area contributed by atoms with Gasteiger partial charge in [0.25, 0.3) is 0 Å². The molecule has 0 saturated carbocycles. The van der Waals surface area contributed by atoms with Gasteiger partial charge < -0.3 is 0 Å². The Balaban J connectivity index is 2.14. The topological polar surface area (TPSA) is 17.1 Å². The molecule has 0 unspecified atom stereocenters. The van der Waals surface area contributed by atoms with Gasteiger partial charge in [-0.1, -0.05) is 49.7 Å². The summed E-state index contributed by atoms with van der Waals surface area (Å²) in [6, 6.07) is 13.7. The molecule has 0 N–H and O–H groups in total. The molecular weight excluding hydrogens is 268 g/mol. The third-order valence-corrected chi connectivity index (χ3v) is 3.59. The Bertz CT molecular complexity index is 592. The molecule has 20 heavy (non-hydrogen) atoms. The van der Waals surface area contributed by atoms with E-state index in [0.29, 0.717) is 22.9 Å². The van der Waals surface area contributed by atoms with E-state index >= 15 is 0 Å². The van der Waals surface area contributed by atoms with Crippen LogP contribution in [0.1, 0.15) is 46.8 Å². The number of hydrogen-bond donors (Lipinski definition) is 0. The molecule has 0 atom stereocenters. The number of carbonyl (C=O) groups is 1. The molecule has 2 aromatic carbocycles. The zero-order valence-corrected chi connectivity index (χ0v) is 12.9. The SMILES string of the molecule is Cc1cc(Cl)cc(C(=O)Cc2ccc(C(C)C)cc2)c1. The van der Waals surface area contributed by atoms with Crippen LogP contribution in [0.15, 0.2) is 42.5 Å². The van der Waals surface area contributed by atoms with E-state index in [0.717, 1.165) is 11.1 Å². The molecular formula is C18H19ClO. The van der Waals surface area contributed by atoms with Crippen molar-refractivity contribution in [2.75, 3.05) is 0 Å². The molecule has 0 heterocycles. The van der Waals surface area contributed by atoms with E-state index in [2.05, 4.69) is 26.0 Å². The van der Waals surface area contributed by atoms with Crippen LogP contribution in [-0.4, -0.2) is 5.78 Å². The zero-order chi connectivity index (χ0) is 14.7. The number of halogens is 1. The van der Waals surface area contributed by atoms with Crippen molar-refractivity contribution < 1.29 is 4.79 Å². The molecule has 2 rings (SSSR count). The standard InChI is InChI=1S/C18H19ClO/c1-12(2)15-6-4-14(5-7-15)10-18(20)16-8-13(3)9-17(19)11-16/h4-9,11-12H,10H2,1-3H3. The second-order valence-electron chi connectivity index (χ2n) is 5.51. The van der Waals surface area contributed by atoms with Gasteiger partial charge in [-0.05, 0) is 47.7 Å². The minimum Gasteiger partial charge on any atom is -0.294 e. The van der Waals surface area contributed by atoms with Crippen molar-refractivity contribution in [3.63, 3.8) is 0 Å². The van der Waals surface area contributed by atoms with Gasteiger partial charge in [0.05, 0.1) is 0 Å². The predicted octanol–water partition coefficient (Wildman–Crippen LogP) is 5.20. The number of Topliss-reactive ketones (excluding diaryl/α,β-unsaturated/α-hetero) is 1. The van der Waals surface area contributed by atoms with Crippen molar-refractivity contribution in [3.8, 4) is 0 Å². The summed E-state index contributed by atoms with van der Waals surface area (Å²) in [5, 5.41) is 0.614. The normalized spacial score (nSPS) is 10.8. The van der Waals surface area contributed by atoms with Crippen molar-refractivity contribution in [1.82, 2.24) is 0 Å². The molecule has 0 aliphatic carbocycles. The lowest BCUT2D eigenvalue weighted by Crippen LogP contribution is -2.04. The molecule has 2 heteroatoms. The van der Waals surface area contributed by atoms with Gasteiger partial charge in [-0.3, -0.25) is 4.79 Å². The number of carbonyl (C=O) groups excluding carboxylic acids is 1. The molecule has 0 aromatic heterocycles. The maximum atomic E-state index is 12.3. The van der Waals surface area contributed by atoms with Crippen LogP contribution in [0.3, 0.4) is 0 Å². The number of aryl methyl sites for hydroxylation is 1. The van der Waals surface area contributed by atoms with Crippen LogP contribution >= 0.6 is 11.6 Å². The first-order valence-electron chi connectivity index (χ1n) is 6.85. The summed E-state index contributed by atoms with van der Waals surface area (Å²) < 4.78 is 0. The van der Waals surface area contributed by atoms with Crippen molar-refractivity contribution in [3.05, 3.63) is 69.7 Å². The largest absolute Gasteiger partial charge is 0.294 e. The highest BCUT2D eigenvalue weighted by atomic mass is 35.5. The highest BCUT2D eigenvalue weighted by Gasteiger charge is 2.09. The molecule has 0 aliphatic rings. The van der Waals surface area contributed by atoms with Gasteiger partial charge in [0.1, 0.15) is 0 Å². The smallest absolute Gasteiger partial charge is 0.167 e. The molecule has 0 bridgehead atoms. The number of hydrogen-bond acceptors (Lipinski definition) is 1. The highest BCUT2D eigenvalue weighted by molar-refractivity contribution is 6.31. The lowest BCUT2D eigenvalue weighted by molar-refractivity contribution is 0.0993. The van der Waals surface area contributed by atoms with E-state index < -0.39 is 0 Å². The Labute approximate surface area is 125 Å². The minimum atomic E-state index is 0.105. The Morgan fingerprint density at radius 3 is 2.30 bits per heavy atom. The molecule has 0 amide bonds. The van der Waals surface area contributed by atoms with Gasteiger partial charge >= 0.3 is 0 Å². The lowest BCUT2D eigenvalue weighted by Gasteiger charge is -2.07. The summed E-state index contributed by atoms with van der Waals surface area (Å²) in [5.74, 6) is 0.614. The van der Waals surface area contributed by atoms with Gasteiger partial charge in [-0.25, -0.2) is 0 Å². The zero-order valence-electron chi connectivity index (χ0n) is 12.1. The second-order valence-corrected chi connectivity index (χ2v) is 5.95. The first-order chi connectivity index (χ1) is 9.45. The van der Waals surface area contributed by atoms with Crippen molar-refractivity contribution in [1.29, 1.82) is 0 Å². The van der Waals surface area contributed by atoms with Crippen molar-refractivity contribution in [2.45, 2.75) is 33.1 Å². The Hall–Kier alpha value is -1.60. The van der Waals surface area contributed by atoms with Crippen molar-refractivity contribution in [2.24, 2.45) is 0 Å². The Morgan fingerprint density at radius 2 is 1.75 bits per heavy atom. The summed E-state index contributed by atoms with van der Waals surface area (Å²) in [6.45, 7) is 6.27. The highest BCUT2D eigenvalue weighted by Crippen LogP contribution is 2.18. The molecule has 0 fully saturated rings. The molecule has 1 nitrogen and oxygen atoms in total. The fraction of sp³-hybridized carbons (Fsp3) is 0.278. The fourth-order valence-corrected chi connectivity index (χ4v) is 2.49. The molecule has 2 aromatic rings. The number of benzene rings is 2. The third-order valence-electron chi connectivity index (χ3n) is 3.38. The number of ketones is 1. The van der Waals surface area contributed by atoms with E-state index in [1.807, 2.05) is 31.2 Å². The Morgan fingerprint density at radius 1 is 1.10 bits per heavy atom. The van der Waals surface area contributed by atoms with Gasteiger partial charge in [0.2, 0.25) is 0 Å². The molecule has 0 aliphatic heterocycles. The van der Waals surface area contributed by atoms with Crippen molar-refractivity contribution >= 4 is 17.4 Å². The van der Waals surface area contributed by atoms with E-state index in [1.165, 1.54) is 5.56 Å². The van der Waals surface area contributed by atoms with Crippen LogP contribution in [-0.2, 0) is 6.42 Å². The average molecular weight is 287 g/mol. The van der Waals surface area contributed by atoms with Gasteiger partial charge in [0, 0.05) is 17.0 Å². The summed E-state index contributed by atoms with van der Waals surface area (Å²) in [6.07, 6.45) is 0.415. The number of rotatable bonds is 4. The lowest BCUT2D eigenvalue weighted by atomic mass is 9.98. The maximum Gasteiger partial charge on any atom is 0.167 e. The summed E-state index contributed by atoms with van der Waals surface area (Å²) in [4.78, 5) is 12.3. The summed E-state index contributed by atoms with van der Waals surface area (Å²) in [5.41, 5.74) is 4.02. The molecule has 0 saturated heterocycles. The molecule has 0 spiro atoms. The van der Waals surface area contributed by atoms with E-state index in [1.54, 1.807) is 6.07 Å². The van der Waals surface area contributed by atoms with Crippen LogP contribution < -0.4 is 0 Å². The van der Waals surface area contributed by atoms with E-state index in [-0.39, 0.29) is 5.78 Å². The fourth-order valence-electron chi connectivity index (χ4n) is 2.21. The molecule has 104 valence electrons. The summed E-state index contributed by atoms with van der Waals surface area (Å²) >= 11 is 6.00. The van der Waals surface area contributed by atoms with E-state index in [4.69, 9.17) is 11.6 Å². The summed E-state index contributed by atoms with van der Waals surface area (Å²) in [7, 11) is 0. The van der Waals surface area contributed by atoms with Crippen LogP contribution in [0, 0.1) is 6.92 Å². The first-order valence-corrected chi connectivity index (χ1v) is 7.22. The van der Waals surface area contributed by atoms with Crippen LogP contribution in [0.2, 0.25) is 5.02 Å². The minimum absolute atomic E-state index is 0.105. The van der Waals surface area contributed by atoms with Gasteiger partial charge in [0.15, 0.2) is 5.78 Å². The van der Waals surface area contributed by atoms with Gasteiger partial charge in [-0.15, -0.1) is 0 Å². The van der Waals surface area contributed by atoms with Crippen LogP contribution in [0.25, 0.3) is 0 Å². The average Bonchev–Trinajstić information content (AvgIpc) is 2.38. The third kappa shape index (κ3) is 3.71. The predicted molar refractivity (Wildman–Crippen MR) is 84.8 cm³/mol. The Kier molecular flexibility index (Phi) is 4.61. The van der Waals surface area contributed by atoms with Crippen LogP contribution in [0.4, 0.5) is 0 Å². The maximum absolute atomic E-state index is 12.3. The second kappa shape index (κ2) is 6.23. The monoisotopic (exact) mass is 286 g/mol. The molecule has 0 radical (unpaired) electrons. The van der Waals surface area contributed by atoms with Crippen LogP contribution in [0.5, 0.6) is 0 Å².